The second kappa shape index (κ2) is 12.3. The van der Waals surface area contributed by atoms with Crippen molar-refractivity contribution in [2.24, 2.45) is 0 Å². The number of halogens is 1. The van der Waals surface area contributed by atoms with Gasteiger partial charge in [0, 0.05) is 29.8 Å². The van der Waals surface area contributed by atoms with Crippen molar-refractivity contribution in [3.8, 4) is 11.1 Å². The molecule has 2 unspecified atom stereocenters. The lowest BCUT2D eigenvalue weighted by Crippen LogP contribution is -2.33. The van der Waals surface area contributed by atoms with Gasteiger partial charge in [0.05, 0.1) is 13.0 Å². The van der Waals surface area contributed by atoms with Crippen molar-refractivity contribution in [2.75, 3.05) is 6.61 Å². The molecule has 2 atom stereocenters. The van der Waals surface area contributed by atoms with E-state index in [2.05, 4.69) is 36.1 Å². The number of ether oxygens (including phenoxy) is 1. The van der Waals surface area contributed by atoms with E-state index in [0.29, 0.717) is 17.7 Å². The van der Waals surface area contributed by atoms with Crippen LogP contribution in [-0.4, -0.2) is 17.5 Å². The van der Waals surface area contributed by atoms with Gasteiger partial charge in [-0.1, -0.05) is 109 Å². The third kappa shape index (κ3) is 6.07. The highest BCUT2D eigenvalue weighted by atomic mass is 19.1. The van der Waals surface area contributed by atoms with Crippen molar-refractivity contribution in [1.29, 1.82) is 0 Å². The summed E-state index contributed by atoms with van der Waals surface area (Å²) in [6, 6.07) is 34.6. The van der Waals surface area contributed by atoms with Crippen LogP contribution in [-0.2, 0) is 16.1 Å². The molecule has 4 aromatic rings. The van der Waals surface area contributed by atoms with Gasteiger partial charge in [-0.25, -0.2) is 4.39 Å². The van der Waals surface area contributed by atoms with Crippen LogP contribution in [0.25, 0.3) is 11.1 Å². The molecule has 0 aliphatic heterocycles. The van der Waals surface area contributed by atoms with Crippen molar-refractivity contribution < 1.29 is 13.9 Å². The van der Waals surface area contributed by atoms with Crippen LogP contribution in [0.15, 0.2) is 109 Å². The molecule has 0 aliphatic carbocycles. The molecule has 0 bridgehead atoms. The summed E-state index contributed by atoms with van der Waals surface area (Å²) in [5.74, 6) is -0.651. The van der Waals surface area contributed by atoms with Gasteiger partial charge in [0.2, 0.25) is 0 Å². The number of nitrogens with zero attached hydrogens (tertiary/aromatic N) is 1. The SMILES string of the molecule is CCOC(=O)CC(c1cccc(-c2ccccc2)c1F)N(Cc1ccccc1)C(C)c1ccccc1. The lowest BCUT2D eigenvalue weighted by molar-refractivity contribution is -0.145. The van der Waals surface area contributed by atoms with E-state index in [4.69, 9.17) is 4.74 Å². The van der Waals surface area contributed by atoms with E-state index in [1.165, 1.54) is 0 Å². The first kappa shape index (κ1) is 25.3. The Hall–Kier alpha value is -3.76. The average molecular weight is 482 g/mol. The van der Waals surface area contributed by atoms with Crippen molar-refractivity contribution >= 4 is 5.97 Å². The Balaban J connectivity index is 1.83. The van der Waals surface area contributed by atoms with Crippen molar-refractivity contribution in [3.63, 3.8) is 0 Å². The van der Waals surface area contributed by atoms with Crippen LogP contribution in [0.1, 0.15) is 49.0 Å². The van der Waals surface area contributed by atoms with Crippen LogP contribution in [0.5, 0.6) is 0 Å². The summed E-state index contributed by atoms with van der Waals surface area (Å²) in [5.41, 5.74) is 4.00. The molecule has 36 heavy (non-hydrogen) atoms. The zero-order valence-corrected chi connectivity index (χ0v) is 20.8. The van der Waals surface area contributed by atoms with Crippen LogP contribution in [0.2, 0.25) is 0 Å². The largest absolute Gasteiger partial charge is 0.466 e. The van der Waals surface area contributed by atoms with Crippen molar-refractivity contribution in [2.45, 2.75) is 38.9 Å². The van der Waals surface area contributed by atoms with Gasteiger partial charge in [-0.2, -0.15) is 0 Å². The van der Waals surface area contributed by atoms with Crippen LogP contribution in [0, 0.1) is 5.82 Å². The molecule has 0 amide bonds. The number of rotatable bonds is 10. The number of carbonyl (C=O) groups excluding carboxylic acids is 1. The molecule has 4 heteroatoms. The second-order valence-electron chi connectivity index (χ2n) is 8.84. The van der Waals surface area contributed by atoms with E-state index in [0.717, 1.165) is 16.7 Å². The summed E-state index contributed by atoms with van der Waals surface area (Å²) in [5, 5.41) is 0. The Bertz CT molecular complexity index is 1250. The number of benzene rings is 4. The maximum absolute atomic E-state index is 16.2. The highest BCUT2D eigenvalue weighted by molar-refractivity contribution is 5.71. The maximum atomic E-state index is 16.2. The van der Waals surface area contributed by atoms with E-state index in [9.17, 15) is 4.79 Å². The number of hydrogen-bond donors (Lipinski definition) is 0. The predicted octanol–water partition coefficient (Wildman–Crippen LogP) is 7.75. The maximum Gasteiger partial charge on any atom is 0.307 e. The van der Waals surface area contributed by atoms with E-state index >= 15 is 4.39 Å². The average Bonchev–Trinajstić information content (AvgIpc) is 2.92. The highest BCUT2D eigenvalue weighted by Crippen LogP contribution is 2.38. The standard InChI is InChI=1S/C32H32FNO2/c1-3-36-31(35)22-30(29-21-13-20-28(32(29)33)27-18-11-6-12-19-27)34(23-25-14-7-4-8-15-25)24(2)26-16-9-5-10-17-26/h4-21,24,30H,3,22-23H2,1-2H3. The predicted molar refractivity (Wildman–Crippen MR) is 143 cm³/mol. The van der Waals surface area contributed by atoms with Gasteiger partial charge in [-0.05, 0) is 30.5 Å². The number of hydrogen-bond acceptors (Lipinski definition) is 3. The molecule has 184 valence electrons. The fourth-order valence-corrected chi connectivity index (χ4v) is 4.67. The van der Waals surface area contributed by atoms with Crippen molar-refractivity contribution in [3.05, 3.63) is 132 Å². The third-order valence-corrected chi connectivity index (χ3v) is 6.53. The summed E-state index contributed by atoms with van der Waals surface area (Å²) >= 11 is 0. The van der Waals surface area contributed by atoms with Crippen LogP contribution in [0.3, 0.4) is 0 Å². The van der Waals surface area contributed by atoms with E-state index in [1.807, 2.05) is 72.8 Å². The van der Waals surface area contributed by atoms with Crippen LogP contribution >= 0.6 is 0 Å². The van der Waals surface area contributed by atoms with Gasteiger partial charge >= 0.3 is 5.97 Å². The first-order chi connectivity index (χ1) is 17.6. The monoisotopic (exact) mass is 481 g/mol. The van der Waals surface area contributed by atoms with Crippen LogP contribution in [0.4, 0.5) is 4.39 Å². The Labute approximate surface area is 213 Å². The Kier molecular flexibility index (Phi) is 8.64. The molecule has 0 saturated heterocycles. The molecule has 0 heterocycles. The van der Waals surface area contributed by atoms with Crippen LogP contribution < -0.4 is 0 Å². The normalized spacial score (nSPS) is 12.8. The molecule has 0 fully saturated rings. The van der Waals surface area contributed by atoms with Gasteiger partial charge in [0.15, 0.2) is 0 Å². The molecule has 3 nitrogen and oxygen atoms in total. The quantitative estimate of drug-likeness (QED) is 0.217. The molecule has 0 aliphatic rings. The van der Waals surface area contributed by atoms with Crippen molar-refractivity contribution in [1.82, 2.24) is 4.90 Å². The third-order valence-electron chi connectivity index (χ3n) is 6.53. The minimum absolute atomic E-state index is 0.0486. The molecule has 0 radical (unpaired) electrons. The van der Waals surface area contributed by atoms with Gasteiger partial charge in [0.25, 0.3) is 0 Å². The molecular formula is C32H32FNO2. The summed E-state index contributed by atoms with van der Waals surface area (Å²) < 4.78 is 21.6. The fourth-order valence-electron chi connectivity index (χ4n) is 4.67. The van der Waals surface area contributed by atoms with Gasteiger partial charge in [-0.15, -0.1) is 0 Å². The molecule has 0 saturated carbocycles. The molecular weight excluding hydrogens is 449 g/mol. The summed E-state index contributed by atoms with van der Waals surface area (Å²) in [6.07, 6.45) is 0.0486. The Morgan fingerprint density at radius 2 is 1.44 bits per heavy atom. The topological polar surface area (TPSA) is 29.5 Å². The minimum Gasteiger partial charge on any atom is -0.466 e. The van der Waals surface area contributed by atoms with Gasteiger partial charge in [-0.3, -0.25) is 9.69 Å². The first-order valence-corrected chi connectivity index (χ1v) is 12.4. The summed E-state index contributed by atoms with van der Waals surface area (Å²) in [6.45, 7) is 4.73. The molecule has 0 spiro atoms. The molecule has 4 rings (SSSR count). The Morgan fingerprint density at radius 1 is 0.833 bits per heavy atom. The molecule has 0 aromatic heterocycles. The second-order valence-corrected chi connectivity index (χ2v) is 8.84. The fraction of sp³-hybridized carbons (Fsp3) is 0.219. The number of esters is 1. The first-order valence-electron chi connectivity index (χ1n) is 12.4. The highest BCUT2D eigenvalue weighted by Gasteiger charge is 2.31. The zero-order valence-electron chi connectivity index (χ0n) is 20.8. The number of carbonyl (C=O) groups is 1. The van der Waals surface area contributed by atoms with E-state index in [1.54, 1.807) is 19.1 Å². The summed E-state index contributed by atoms with van der Waals surface area (Å²) in [4.78, 5) is 15.0. The lowest BCUT2D eigenvalue weighted by atomic mass is 9.93. The minimum atomic E-state index is -0.525. The lowest BCUT2D eigenvalue weighted by Gasteiger charge is -2.37. The van der Waals surface area contributed by atoms with Gasteiger partial charge < -0.3 is 4.74 Å². The Morgan fingerprint density at radius 3 is 2.08 bits per heavy atom. The van der Waals surface area contributed by atoms with E-state index < -0.39 is 6.04 Å². The van der Waals surface area contributed by atoms with E-state index in [-0.39, 0.29) is 30.9 Å². The smallest absolute Gasteiger partial charge is 0.307 e. The summed E-state index contributed by atoms with van der Waals surface area (Å²) in [7, 11) is 0. The molecule has 4 aromatic carbocycles. The zero-order chi connectivity index (χ0) is 25.3. The molecule has 0 N–H and O–H groups in total. The van der Waals surface area contributed by atoms with Gasteiger partial charge in [0.1, 0.15) is 5.82 Å².